The minimum Gasteiger partial charge on any atom is -0.459 e. The Kier molecular flexibility index (Phi) is 5.47. The first-order valence-corrected chi connectivity index (χ1v) is 9.85. The Labute approximate surface area is 168 Å². The Balaban J connectivity index is 1.33. The van der Waals surface area contributed by atoms with Crippen molar-refractivity contribution in [3.05, 3.63) is 41.4 Å². The maximum Gasteiger partial charge on any atom is 0.289 e. The van der Waals surface area contributed by atoms with Crippen molar-refractivity contribution in [2.75, 3.05) is 44.2 Å². The fraction of sp³-hybridized carbons (Fsp3) is 0.474. The first-order chi connectivity index (χ1) is 13.6. The molecule has 4 rings (SSSR count). The number of hydrogen-bond donors (Lipinski definition) is 0. The second kappa shape index (κ2) is 8.18. The number of piperidine rings is 1. The third-order valence-corrected chi connectivity index (χ3v) is 5.52. The zero-order chi connectivity index (χ0) is 19.5. The molecule has 0 N–H and O–H groups in total. The lowest BCUT2D eigenvalue weighted by atomic mass is 9.96. The van der Waals surface area contributed by atoms with E-state index in [1.54, 1.807) is 23.1 Å². The molecule has 9 heteroatoms. The number of halogens is 1. The van der Waals surface area contributed by atoms with Crippen LogP contribution in [0.1, 0.15) is 23.4 Å². The molecule has 1 atom stereocenters. The number of aromatic nitrogens is 2. The highest BCUT2D eigenvalue weighted by Crippen LogP contribution is 2.24. The molecular formula is C19H22ClN5O3. The molecule has 2 aromatic heterocycles. The van der Waals surface area contributed by atoms with E-state index in [2.05, 4.69) is 15.1 Å². The van der Waals surface area contributed by atoms with E-state index in [9.17, 15) is 9.59 Å². The summed E-state index contributed by atoms with van der Waals surface area (Å²) >= 11 is 5.81. The van der Waals surface area contributed by atoms with Crippen LogP contribution in [0.4, 0.5) is 5.82 Å². The second-order valence-electron chi connectivity index (χ2n) is 7.09. The molecule has 2 amide bonds. The van der Waals surface area contributed by atoms with Gasteiger partial charge in [0.25, 0.3) is 5.91 Å². The van der Waals surface area contributed by atoms with Gasteiger partial charge >= 0.3 is 0 Å². The highest BCUT2D eigenvalue weighted by atomic mass is 35.5. The van der Waals surface area contributed by atoms with Crippen LogP contribution in [0.3, 0.4) is 0 Å². The first kappa shape index (κ1) is 18.7. The molecule has 2 aromatic rings. The van der Waals surface area contributed by atoms with Crippen molar-refractivity contribution in [3.63, 3.8) is 0 Å². The minimum absolute atomic E-state index is 0.0708. The Bertz CT molecular complexity index is 819. The molecular weight excluding hydrogens is 382 g/mol. The number of amides is 2. The van der Waals surface area contributed by atoms with Gasteiger partial charge in [-0.1, -0.05) is 11.6 Å². The lowest BCUT2D eigenvalue weighted by Gasteiger charge is -2.39. The van der Waals surface area contributed by atoms with Gasteiger partial charge in [-0.05, 0) is 37.1 Å². The van der Waals surface area contributed by atoms with E-state index >= 15 is 0 Å². The average Bonchev–Trinajstić information content (AvgIpc) is 3.28. The van der Waals surface area contributed by atoms with Gasteiger partial charge in [0.05, 0.1) is 12.2 Å². The van der Waals surface area contributed by atoms with Crippen molar-refractivity contribution >= 4 is 29.2 Å². The molecule has 0 spiro atoms. The third-order valence-electron chi connectivity index (χ3n) is 5.32. The monoisotopic (exact) mass is 403 g/mol. The van der Waals surface area contributed by atoms with Crippen LogP contribution in [0, 0.1) is 5.92 Å². The lowest BCUT2D eigenvalue weighted by molar-refractivity contribution is -0.137. The van der Waals surface area contributed by atoms with E-state index < -0.39 is 0 Å². The molecule has 1 unspecified atom stereocenters. The molecule has 28 heavy (non-hydrogen) atoms. The molecule has 0 aliphatic carbocycles. The maximum atomic E-state index is 13.0. The molecule has 2 aliphatic rings. The molecule has 0 bridgehead atoms. The van der Waals surface area contributed by atoms with Crippen LogP contribution >= 0.6 is 11.6 Å². The zero-order valence-electron chi connectivity index (χ0n) is 15.5. The third kappa shape index (κ3) is 3.96. The number of hydrogen-bond acceptors (Lipinski definition) is 6. The molecule has 2 aliphatic heterocycles. The smallest absolute Gasteiger partial charge is 0.289 e. The molecule has 148 valence electrons. The number of furan rings is 1. The van der Waals surface area contributed by atoms with E-state index in [0.29, 0.717) is 43.6 Å². The van der Waals surface area contributed by atoms with E-state index in [0.717, 1.165) is 25.2 Å². The highest BCUT2D eigenvalue weighted by Gasteiger charge is 2.32. The number of nitrogens with zero attached hydrogens (tertiary/aromatic N) is 5. The van der Waals surface area contributed by atoms with Gasteiger partial charge in [-0.15, -0.1) is 10.2 Å². The fourth-order valence-electron chi connectivity index (χ4n) is 3.81. The van der Waals surface area contributed by atoms with Crippen LogP contribution in [0.2, 0.25) is 5.15 Å². The summed E-state index contributed by atoms with van der Waals surface area (Å²) in [5, 5.41) is 8.38. The van der Waals surface area contributed by atoms with Crippen molar-refractivity contribution in [3.8, 4) is 0 Å². The standard InChI is InChI=1S/C19H22ClN5O3/c20-16-5-6-17(22-21-16)25-7-1-3-14(13-25)18(26)23-8-10-24(11-9-23)19(27)15-4-2-12-28-15/h2,4-6,12,14H,1,3,7-11,13H2. The van der Waals surface area contributed by atoms with Gasteiger partial charge < -0.3 is 19.1 Å². The van der Waals surface area contributed by atoms with Crippen LogP contribution in [0.5, 0.6) is 0 Å². The van der Waals surface area contributed by atoms with Crippen molar-refractivity contribution in [2.45, 2.75) is 12.8 Å². The largest absolute Gasteiger partial charge is 0.459 e. The summed E-state index contributed by atoms with van der Waals surface area (Å²) in [6.07, 6.45) is 3.28. The first-order valence-electron chi connectivity index (χ1n) is 9.47. The predicted molar refractivity (Wildman–Crippen MR) is 103 cm³/mol. The molecule has 0 radical (unpaired) electrons. The van der Waals surface area contributed by atoms with E-state index in [-0.39, 0.29) is 17.7 Å². The minimum atomic E-state index is -0.123. The fourth-order valence-corrected chi connectivity index (χ4v) is 3.91. The molecule has 2 saturated heterocycles. The van der Waals surface area contributed by atoms with E-state index in [4.69, 9.17) is 16.0 Å². The van der Waals surface area contributed by atoms with Crippen LogP contribution < -0.4 is 4.90 Å². The quantitative estimate of drug-likeness (QED) is 0.778. The summed E-state index contributed by atoms with van der Waals surface area (Å²) in [6.45, 7) is 3.60. The molecule has 4 heterocycles. The molecule has 0 aromatic carbocycles. The second-order valence-corrected chi connectivity index (χ2v) is 7.48. The summed E-state index contributed by atoms with van der Waals surface area (Å²) < 4.78 is 5.18. The van der Waals surface area contributed by atoms with Crippen molar-refractivity contribution in [2.24, 2.45) is 5.92 Å². The Morgan fingerprint density at radius 3 is 2.50 bits per heavy atom. The van der Waals surface area contributed by atoms with Gasteiger partial charge in [0.1, 0.15) is 0 Å². The van der Waals surface area contributed by atoms with Crippen LogP contribution in [0.25, 0.3) is 0 Å². The topological polar surface area (TPSA) is 82.8 Å². The molecule has 0 saturated carbocycles. The van der Waals surface area contributed by atoms with Crippen LogP contribution in [-0.4, -0.2) is 71.1 Å². The number of piperazine rings is 1. The van der Waals surface area contributed by atoms with E-state index in [1.165, 1.54) is 6.26 Å². The maximum absolute atomic E-state index is 13.0. The lowest BCUT2D eigenvalue weighted by Crippen LogP contribution is -2.53. The summed E-state index contributed by atoms with van der Waals surface area (Å²) in [7, 11) is 0. The van der Waals surface area contributed by atoms with Crippen molar-refractivity contribution in [1.29, 1.82) is 0 Å². The van der Waals surface area contributed by atoms with Gasteiger partial charge in [-0.3, -0.25) is 9.59 Å². The Morgan fingerprint density at radius 1 is 1.04 bits per heavy atom. The number of carbonyl (C=O) groups is 2. The predicted octanol–water partition coefficient (Wildman–Crippen LogP) is 1.92. The Hall–Kier alpha value is -2.61. The molecule has 8 nitrogen and oxygen atoms in total. The SMILES string of the molecule is O=C(c1ccco1)N1CCN(C(=O)C2CCCN(c3ccc(Cl)nn3)C2)CC1. The average molecular weight is 404 g/mol. The van der Waals surface area contributed by atoms with Crippen LogP contribution in [0.15, 0.2) is 34.9 Å². The van der Waals surface area contributed by atoms with Gasteiger partial charge in [0, 0.05) is 39.3 Å². The van der Waals surface area contributed by atoms with Gasteiger partial charge in [-0.25, -0.2) is 0 Å². The van der Waals surface area contributed by atoms with Gasteiger partial charge in [0.15, 0.2) is 16.7 Å². The highest BCUT2D eigenvalue weighted by molar-refractivity contribution is 6.29. The number of carbonyl (C=O) groups excluding carboxylic acids is 2. The van der Waals surface area contributed by atoms with Gasteiger partial charge in [0.2, 0.25) is 5.91 Å². The van der Waals surface area contributed by atoms with Crippen molar-refractivity contribution in [1.82, 2.24) is 20.0 Å². The number of anilines is 1. The summed E-state index contributed by atoms with van der Waals surface area (Å²) in [5.41, 5.74) is 0. The normalized spacial score (nSPS) is 20.3. The number of rotatable bonds is 3. The molecule has 2 fully saturated rings. The van der Waals surface area contributed by atoms with Crippen LogP contribution in [-0.2, 0) is 4.79 Å². The summed E-state index contributed by atoms with van der Waals surface area (Å²) in [6, 6.07) is 6.91. The summed E-state index contributed by atoms with van der Waals surface area (Å²) in [4.78, 5) is 31.1. The van der Waals surface area contributed by atoms with E-state index in [1.807, 2.05) is 11.0 Å². The zero-order valence-corrected chi connectivity index (χ0v) is 16.2. The summed E-state index contributed by atoms with van der Waals surface area (Å²) in [5.74, 6) is 1.04. The van der Waals surface area contributed by atoms with Crippen molar-refractivity contribution < 1.29 is 14.0 Å². The van der Waals surface area contributed by atoms with Gasteiger partial charge in [-0.2, -0.15) is 0 Å². The Morgan fingerprint density at radius 2 is 1.82 bits per heavy atom.